The molecule has 0 aliphatic heterocycles. The van der Waals surface area contributed by atoms with Gasteiger partial charge in [0.2, 0.25) is 5.91 Å². The maximum atomic E-state index is 12.2. The highest BCUT2D eigenvalue weighted by Gasteiger charge is 2.39. The van der Waals surface area contributed by atoms with E-state index >= 15 is 0 Å². The van der Waals surface area contributed by atoms with Crippen molar-refractivity contribution in [3.8, 4) is 0 Å². The van der Waals surface area contributed by atoms with Gasteiger partial charge in [0.25, 0.3) is 0 Å². The van der Waals surface area contributed by atoms with Crippen molar-refractivity contribution < 1.29 is 4.79 Å². The highest BCUT2D eigenvalue weighted by molar-refractivity contribution is 6.20. The van der Waals surface area contributed by atoms with Crippen LogP contribution in [0, 0.1) is 17.3 Å². The normalized spacial score (nSPS) is 35.4. The van der Waals surface area contributed by atoms with Crippen molar-refractivity contribution in [2.75, 3.05) is 6.54 Å². The molecule has 2 saturated carbocycles. The van der Waals surface area contributed by atoms with Gasteiger partial charge in [0.15, 0.2) is 0 Å². The Morgan fingerprint density at radius 2 is 1.89 bits per heavy atom. The van der Waals surface area contributed by atoms with Gasteiger partial charge in [-0.2, -0.15) is 0 Å². The molecule has 2 aliphatic rings. The van der Waals surface area contributed by atoms with E-state index in [9.17, 15) is 4.79 Å². The number of nitrogens with one attached hydrogen (secondary N) is 1. The van der Waals surface area contributed by atoms with Gasteiger partial charge in [-0.1, -0.05) is 20.3 Å². The molecule has 18 heavy (non-hydrogen) atoms. The van der Waals surface area contributed by atoms with Crippen LogP contribution in [0.25, 0.3) is 0 Å². The minimum Gasteiger partial charge on any atom is -0.356 e. The average molecular weight is 272 g/mol. The number of hydrogen-bond donors (Lipinski definition) is 1. The van der Waals surface area contributed by atoms with E-state index in [-0.39, 0.29) is 17.2 Å². The van der Waals surface area contributed by atoms with Crippen molar-refractivity contribution in [1.82, 2.24) is 5.32 Å². The average Bonchev–Trinajstić information content (AvgIpc) is 2.68. The summed E-state index contributed by atoms with van der Waals surface area (Å²) in [4.78, 5) is 12.2. The Hall–Kier alpha value is -0.240. The molecule has 0 radical (unpaired) electrons. The lowest BCUT2D eigenvalue weighted by molar-refractivity contribution is -0.127. The Labute approximate surface area is 116 Å². The summed E-state index contributed by atoms with van der Waals surface area (Å²) in [5.41, 5.74) is 0.192. The molecule has 0 aromatic carbocycles. The Morgan fingerprint density at radius 1 is 1.22 bits per heavy atom. The van der Waals surface area contributed by atoms with Crippen molar-refractivity contribution in [1.29, 1.82) is 0 Å². The van der Waals surface area contributed by atoms with Crippen LogP contribution in [-0.2, 0) is 4.79 Å². The van der Waals surface area contributed by atoms with Gasteiger partial charge in [-0.05, 0) is 49.9 Å². The Kier molecular flexibility index (Phi) is 4.58. The second-order valence-electron chi connectivity index (χ2n) is 6.80. The standard InChI is InChI=1S/C15H26ClNO/c1-15(2)9-3-4-13(15)14(18)17-10-11-5-7-12(16)8-6-11/h11-13H,3-10H2,1-2H3,(H,17,18). The van der Waals surface area contributed by atoms with Crippen LogP contribution < -0.4 is 5.32 Å². The summed E-state index contributed by atoms with van der Waals surface area (Å²) in [6.07, 6.45) is 8.00. The van der Waals surface area contributed by atoms with E-state index in [1.165, 1.54) is 25.7 Å². The SMILES string of the molecule is CC1(C)CCCC1C(=O)NCC1CCC(Cl)CC1. The van der Waals surface area contributed by atoms with E-state index in [4.69, 9.17) is 11.6 Å². The second kappa shape index (κ2) is 5.81. The zero-order valence-electron chi connectivity index (χ0n) is 11.7. The Bertz CT molecular complexity index is 295. The lowest BCUT2D eigenvalue weighted by Crippen LogP contribution is -2.39. The first-order chi connectivity index (χ1) is 8.49. The topological polar surface area (TPSA) is 29.1 Å². The summed E-state index contributed by atoms with van der Waals surface area (Å²) in [6.45, 7) is 5.31. The van der Waals surface area contributed by atoms with Crippen LogP contribution in [-0.4, -0.2) is 17.8 Å². The summed E-state index contributed by atoms with van der Waals surface area (Å²) in [5, 5.41) is 3.55. The lowest BCUT2D eigenvalue weighted by atomic mass is 9.81. The van der Waals surface area contributed by atoms with Gasteiger partial charge in [-0.15, -0.1) is 11.6 Å². The molecule has 1 atom stereocenters. The van der Waals surface area contributed by atoms with Crippen LogP contribution in [0.15, 0.2) is 0 Å². The first kappa shape index (κ1) is 14.2. The number of alkyl halides is 1. The molecular weight excluding hydrogens is 246 g/mol. The van der Waals surface area contributed by atoms with Crippen LogP contribution in [0.3, 0.4) is 0 Å². The molecule has 3 heteroatoms. The fourth-order valence-electron chi connectivity index (χ4n) is 3.51. The minimum absolute atomic E-state index is 0.192. The molecule has 0 heterocycles. The van der Waals surface area contributed by atoms with Crippen molar-refractivity contribution in [2.45, 2.75) is 64.2 Å². The van der Waals surface area contributed by atoms with Crippen LogP contribution in [0.5, 0.6) is 0 Å². The van der Waals surface area contributed by atoms with Crippen molar-refractivity contribution in [3.05, 3.63) is 0 Å². The predicted octanol–water partition coefficient (Wildman–Crippen LogP) is 3.73. The number of carbonyl (C=O) groups is 1. The molecule has 0 aromatic rings. The van der Waals surface area contributed by atoms with Crippen molar-refractivity contribution >= 4 is 17.5 Å². The summed E-state index contributed by atoms with van der Waals surface area (Å²) < 4.78 is 0. The molecular formula is C15H26ClNO. The Morgan fingerprint density at radius 3 is 2.44 bits per heavy atom. The van der Waals surface area contributed by atoms with Gasteiger partial charge >= 0.3 is 0 Å². The molecule has 2 rings (SSSR count). The van der Waals surface area contributed by atoms with Gasteiger partial charge in [0.1, 0.15) is 0 Å². The number of halogens is 1. The summed E-state index contributed by atoms with van der Waals surface area (Å²) in [7, 11) is 0. The third-order valence-electron chi connectivity index (χ3n) is 4.91. The number of amides is 1. The smallest absolute Gasteiger partial charge is 0.223 e. The summed E-state index contributed by atoms with van der Waals surface area (Å²) >= 11 is 6.10. The molecule has 1 unspecified atom stereocenters. The highest BCUT2D eigenvalue weighted by atomic mass is 35.5. The van der Waals surface area contributed by atoms with Crippen molar-refractivity contribution in [2.24, 2.45) is 17.3 Å². The van der Waals surface area contributed by atoms with E-state index in [1.54, 1.807) is 0 Å². The van der Waals surface area contributed by atoms with Gasteiger partial charge in [-0.25, -0.2) is 0 Å². The van der Waals surface area contributed by atoms with E-state index in [0.717, 1.165) is 25.8 Å². The lowest BCUT2D eigenvalue weighted by Gasteiger charge is -2.28. The zero-order valence-corrected chi connectivity index (χ0v) is 12.4. The van der Waals surface area contributed by atoms with Crippen LogP contribution in [0.2, 0.25) is 0 Å². The summed E-state index contributed by atoms with van der Waals surface area (Å²) in [6, 6.07) is 0. The zero-order chi connectivity index (χ0) is 13.2. The molecule has 0 aromatic heterocycles. The van der Waals surface area contributed by atoms with E-state index < -0.39 is 0 Å². The van der Waals surface area contributed by atoms with Crippen molar-refractivity contribution in [3.63, 3.8) is 0 Å². The fourth-order valence-corrected chi connectivity index (χ4v) is 3.76. The number of carbonyl (C=O) groups excluding carboxylic acids is 1. The molecule has 1 N–H and O–H groups in total. The molecule has 0 bridgehead atoms. The van der Waals surface area contributed by atoms with Crippen LogP contribution in [0.1, 0.15) is 58.8 Å². The van der Waals surface area contributed by atoms with E-state index in [0.29, 0.717) is 11.3 Å². The quantitative estimate of drug-likeness (QED) is 0.779. The summed E-state index contributed by atoms with van der Waals surface area (Å²) in [5.74, 6) is 1.15. The van der Waals surface area contributed by atoms with Crippen LogP contribution in [0.4, 0.5) is 0 Å². The van der Waals surface area contributed by atoms with Gasteiger partial charge in [0.05, 0.1) is 0 Å². The maximum absolute atomic E-state index is 12.2. The molecule has 2 fully saturated rings. The maximum Gasteiger partial charge on any atom is 0.223 e. The molecule has 2 nitrogen and oxygen atoms in total. The third kappa shape index (κ3) is 3.40. The second-order valence-corrected chi connectivity index (χ2v) is 7.41. The van der Waals surface area contributed by atoms with Gasteiger partial charge < -0.3 is 5.32 Å². The first-order valence-electron chi connectivity index (χ1n) is 7.41. The molecule has 1 amide bonds. The monoisotopic (exact) mass is 271 g/mol. The number of hydrogen-bond acceptors (Lipinski definition) is 1. The van der Waals surface area contributed by atoms with Gasteiger partial charge in [0, 0.05) is 17.8 Å². The molecule has 0 saturated heterocycles. The largest absolute Gasteiger partial charge is 0.356 e. The first-order valence-corrected chi connectivity index (χ1v) is 7.84. The molecule has 2 aliphatic carbocycles. The third-order valence-corrected chi connectivity index (χ3v) is 5.35. The minimum atomic E-state index is 0.192. The Balaban J connectivity index is 1.75. The molecule has 104 valence electrons. The fraction of sp³-hybridized carbons (Fsp3) is 0.933. The van der Waals surface area contributed by atoms with E-state index in [1.807, 2.05) is 0 Å². The predicted molar refractivity (Wildman–Crippen MR) is 75.7 cm³/mol. The van der Waals surface area contributed by atoms with E-state index in [2.05, 4.69) is 19.2 Å². The molecule has 0 spiro atoms. The number of rotatable bonds is 3. The van der Waals surface area contributed by atoms with Gasteiger partial charge in [-0.3, -0.25) is 4.79 Å². The highest BCUT2D eigenvalue weighted by Crippen LogP contribution is 2.42. The van der Waals surface area contributed by atoms with Crippen LogP contribution >= 0.6 is 11.6 Å².